The lowest BCUT2D eigenvalue weighted by molar-refractivity contribution is 0.588. The first kappa shape index (κ1) is 15.1. The van der Waals surface area contributed by atoms with Crippen LogP contribution in [0.2, 0.25) is 5.15 Å². The zero-order valence-electron chi connectivity index (χ0n) is 10.6. The standard InChI is InChI=1S/C10H17ClN4O2S/c1-7(2)10-14-8(11)6-9(15-10)13-4-5-18(16,17)12-3/h6-7,12H,4-5H2,1-3H3,(H,13,14,15). The first-order valence-corrected chi connectivity index (χ1v) is 7.56. The Kier molecular flexibility index (Phi) is 5.30. The molecule has 0 amide bonds. The molecule has 0 saturated heterocycles. The maximum Gasteiger partial charge on any atom is 0.213 e. The van der Waals surface area contributed by atoms with Crippen LogP contribution in [0.4, 0.5) is 5.82 Å². The average Bonchev–Trinajstić information content (AvgIpc) is 2.28. The molecule has 1 aromatic rings. The van der Waals surface area contributed by atoms with E-state index in [0.717, 1.165) is 0 Å². The van der Waals surface area contributed by atoms with E-state index in [1.165, 1.54) is 7.05 Å². The summed E-state index contributed by atoms with van der Waals surface area (Å²) in [6.45, 7) is 4.18. The summed E-state index contributed by atoms with van der Waals surface area (Å²) in [7, 11) is -1.83. The average molecular weight is 293 g/mol. The maximum absolute atomic E-state index is 11.2. The molecule has 102 valence electrons. The van der Waals surface area contributed by atoms with Gasteiger partial charge >= 0.3 is 0 Å². The van der Waals surface area contributed by atoms with Crippen molar-refractivity contribution in [1.29, 1.82) is 0 Å². The van der Waals surface area contributed by atoms with Gasteiger partial charge in [0.1, 0.15) is 16.8 Å². The number of rotatable bonds is 6. The van der Waals surface area contributed by atoms with Gasteiger partial charge in [0.05, 0.1) is 5.75 Å². The van der Waals surface area contributed by atoms with E-state index in [1.807, 2.05) is 13.8 Å². The van der Waals surface area contributed by atoms with Crippen molar-refractivity contribution in [3.05, 3.63) is 17.0 Å². The Morgan fingerprint density at radius 1 is 1.39 bits per heavy atom. The Labute approximate surface area is 112 Å². The molecule has 0 radical (unpaired) electrons. The van der Waals surface area contributed by atoms with Gasteiger partial charge in [0.15, 0.2) is 0 Å². The molecule has 2 N–H and O–H groups in total. The van der Waals surface area contributed by atoms with E-state index in [4.69, 9.17) is 11.6 Å². The number of aromatic nitrogens is 2. The van der Waals surface area contributed by atoms with Gasteiger partial charge in [-0.1, -0.05) is 25.4 Å². The van der Waals surface area contributed by atoms with E-state index in [-0.39, 0.29) is 18.2 Å². The highest BCUT2D eigenvalue weighted by atomic mass is 35.5. The molecular formula is C10H17ClN4O2S. The number of hydrogen-bond donors (Lipinski definition) is 2. The van der Waals surface area contributed by atoms with E-state index < -0.39 is 10.0 Å². The van der Waals surface area contributed by atoms with Crippen molar-refractivity contribution >= 4 is 27.4 Å². The third-order valence-corrected chi connectivity index (χ3v) is 3.77. The minimum absolute atomic E-state index is 0.0257. The van der Waals surface area contributed by atoms with Crippen LogP contribution in [0.15, 0.2) is 6.07 Å². The Morgan fingerprint density at radius 3 is 2.61 bits per heavy atom. The highest BCUT2D eigenvalue weighted by Gasteiger charge is 2.09. The van der Waals surface area contributed by atoms with Crippen LogP contribution >= 0.6 is 11.6 Å². The largest absolute Gasteiger partial charge is 0.369 e. The van der Waals surface area contributed by atoms with Gasteiger partial charge in [-0.3, -0.25) is 0 Å². The summed E-state index contributed by atoms with van der Waals surface area (Å²) in [5.41, 5.74) is 0. The molecule has 0 aliphatic rings. The second-order valence-corrected chi connectivity index (χ2v) is 6.47. The number of nitrogens with zero attached hydrogens (tertiary/aromatic N) is 2. The predicted octanol–water partition coefficient (Wildman–Crippen LogP) is 1.21. The summed E-state index contributed by atoms with van der Waals surface area (Å²) in [5.74, 6) is 1.29. The molecule has 0 saturated carbocycles. The number of sulfonamides is 1. The van der Waals surface area contributed by atoms with Gasteiger partial charge in [0.25, 0.3) is 0 Å². The fraction of sp³-hybridized carbons (Fsp3) is 0.600. The normalized spacial score (nSPS) is 11.8. The van der Waals surface area contributed by atoms with Crippen LogP contribution in [0.3, 0.4) is 0 Å². The summed E-state index contributed by atoms with van der Waals surface area (Å²) < 4.78 is 24.7. The highest BCUT2D eigenvalue weighted by molar-refractivity contribution is 7.89. The molecule has 0 bridgehead atoms. The summed E-state index contributed by atoms with van der Waals surface area (Å²) in [5, 5.41) is 3.26. The minimum atomic E-state index is -3.22. The maximum atomic E-state index is 11.2. The van der Waals surface area contributed by atoms with Gasteiger partial charge in [-0.05, 0) is 7.05 Å². The fourth-order valence-electron chi connectivity index (χ4n) is 1.20. The minimum Gasteiger partial charge on any atom is -0.369 e. The van der Waals surface area contributed by atoms with Gasteiger partial charge in [-0.25, -0.2) is 23.1 Å². The van der Waals surface area contributed by atoms with Crippen molar-refractivity contribution in [2.75, 3.05) is 24.7 Å². The van der Waals surface area contributed by atoms with Gasteiger partial charge < -0.3 is 5.32 Å². The van der Waals surface area contributed by atoms with E-state index in [2.05, 4.69) is 20.0 Å². The van der Waals surface area contributed by atoms with Gasteiger partial charge in [-0.2, -0.15) is 0 Å². The lowest BCUT2D eigenvalue weighted by Gasteiger charge is -2.09. The molecule has 0 spiro atoms. The predicted molar refractivity (Wildman–Crippen MR) is 72.5 cm³/mol. The smallest absolute Gasteiger partial charge is 0.213 e. The van der Waals surface area contributed by atoms with Gasteiger partial charge in [-0.15, -0.1) is 0 Å². The Morgan fingerprint density at radius 2 is 2.06 bits per heavy atom. The topological polar surface area (TPSA) is 84.0 Å². The quantitative estimate of drug-likeness (QED) is 0.770. The molecule has 0 fully saturated rings. The van der Waals surface area contributed by atoms with Crippen LogP contribution in [-0.4, -0.2) is 37.7 Å². The molecule has 0 aliphatic carbocycles. The molecule has 1 rings (SSSR count). The van der Waals surface area contributed by atoms with E-state index >= 15 is 0 Å². The van der Waals surface area contributed by atoms with Crippen LogP contribution in [-0.2, 0) is 10.0 Å². The number of hydrogen-bond acceptors (Lipinski definition) is 5. The van der Waals surface area contributed by atoms with Crippen LogP contribution in [0, 0.1) is 0 Å². The Hall–Kier alpha value is -0.920. The summed E-state index contributed by atoms with van der Waals surface area (Å²) in [6.07, 6.45) is 0. The third kappa shape index (κ3) is 4.75. The summed E-state index contributed by atoms with van der Waals surface area (Å²) in [4.78, 5) is 8.35. The first-order chi connectivity index (χ1) is 8.34. The zero-order chi connectivity index (χ0) is 13.8. The van der Waals surface area contributed by atoms with Crippen LogP contribution < -0.4 is 10.0 Å². The first-order valence-electron chi connectivity index (χ1n) is 5.53. The van der Waals surface area contributed by atoms with Crippen LogP contribution in [0.1, 0.15) is 25.6 Å². The third-order valence-electron chi connectivity index (χ3n) is 2.22. The molecule has 0 atom stereocenters. The monoisotopic (exact) mass is 292 g/mol. The van der Waals surface area contributed by atoms with E-state index in [9.17, 15) is 8.42 Å². The Balaban J connectivity index is 2.68. The molecule has 0 aromatic carbocycles. The second-order valence-electron chi connectivity index (χ2n) is 4.04. The molecular weight excluding hydrogens is 276 g/mol. The van der Waals surface area contributed by atoms with Crippen molar-refractivity contribution in [1.82, 2.24) is 14.7 Å². The second kappa shape index (κ2) is 6.31. The Bertz CT molecular complexity index is 505. The lowest BCUT2D eigenvalue weighted by atomic mass is 10.2. The molecule has 0 unspecified atom stereocenters. The molecule has 18 heavy (non-hydrogen) atoms. The van der Waals surface area contributed by atoms with Crippen molar-refractivity contribution in [2.24, 2.45) is 0 Å². The molecule has 0 aliphatic heterocycles. The molecule has 8 heteroatoms. The SMILES string of the molecule is CNS(=O)(=O)CCNc1cc(Cl)nc(C(C)C)n1. The van der Waals surface area contributed by atoms with Crippen molar-refractivity contribution in [3.8, 4) is 0 Å². The van der Waals surface area contributed by atoms with E-state index in [0.29, 0.717) is 16.8 Å². The van der Waals surface area contributed by atoms with Crippen LogP contribution in [0.5, 0.6) is 0 Å². The van der Waals surface area contributed by atoms with Crippen molar-refractivity contribution < 1.29 is 8.42 Å². The molecule has 6 nitrogen and oxygen atoms in total. The van der Waals surface area contributed by atoms with Gasteiger partial charge in [0.2, 0.25) is 10.0 Å². The van der Waals surface area contributed by atoms with Crippen LogP contribution in [0.25, 0.3) is 0 Å². The molecule has 1 heterocycles. The number of anilines is 1. The highest BCUT2D eigenvalue weighted by Crippen LogP contribution is 2.16. The van der Waals surface area contributed by atoms with E-state index in [1.54, 1.807) is 6.07 Å². The zero-order valence-corrected chi connectivity index (χ0v) is 12.1. The van der Waals surface area contributed by atoms with Crippen molar-refractivity contribution in [2.45, 2.75) is 19.8 Å². The van der Waals surface area contributed by atoms with Crippen molar-refractivity contribution in [3.63, 3.8) is 0 Å². The summed E-state index contributed by atoms with van der Waals surface area (Å²) >= 11 is 5.87. The number of nitrogens with one attached hydrogen (secondary N) is 2. The fourth-order valence-corrected chi connectivity index (χ4v) is 1.96. The summed E-state index contributed by atoms with van der Waals surface area (Å²) in [6, 6.07) is 1.57. The molecule has 1 aromatic heterocycles. The lowest BCUT2D eigenvalue weighted by Crippen LogP contribution is -2.26. The number of halogens is 1. The van der Waals surface area contributed by atoms with Gasteiger partial charge in [0, 0.05) is 18.5 Å².